The van der Waals surface area contributed by atoms with Crippen LogP contribution in [0.15, 0.2) is 64.2 Å². The lowest BCUT2D eigenvalue weighted by molar-refractivity contribution is -0.114. The van der Waals surface area contributed by atoms with Gasteiger partial charge in [-0.2, -0.15) is 28.3 Å². The van der Waals surface area contributed by atoms with Crippen LogP contribution in [0, 0.1) is 5.41 Å². The Bertz CT molecular complexity index is 1260. The molecule has 0 saturated carbocycles. The Morgan fingerprint density at radius 3 is 2.46 bits per heavy atom. The molecule has 0 bridgehead atoms. The molecular weight excluding hydrogens is 513 g/mol. The fourth-order valence-electron chi connectivity index (χ4n) is 3.21. The van der Waals surface area contributed by atoms with Crippen LogP contribution < -0.4 is 14.2 Å². The number of hydrazone groups is 1. The van der Waals surface area contributed by atoms with Gasteiger partial charge in [-0.3, -0.25) is 10.2 Å². The summed E-state index contributed by atoms with van der Waals surface area (Å²) in [5.74, 6) is 0.200. The van der Waals surface area contributed by atoms with Crippen LogP contribution in [0.25, 0.3) is 6.08 Å². The number of halogens is 3. The molecule has 37 heavy (non-hydrogen) atoms. The molecule has 2 aliphatic rings. The normalized spacial score (nSPS) is 16.4. The van der Waals surface area contributed by atoms with Gasteiger partial charge < -0.3 is 18.9 Å². The quantitative estimate of drug-likeness (QED) is 0.357. The second kappa shape index (κ2) is 11.5. The average molecular weight is 535 g/mol. The molecule has 0 aromatic heterocycles. The fourth-order valence-corrected chi connectivity index (χ4v) is 3.97. The number of carbonyl (C=O) groups is 1. The molecule has 194 valence electrons. The summed E-state index contributed by atoms with van der Waals surface area (Å²) in [4.78, 5) is 16.1. The van der Waals surface area contributed by atoms with Crippen LogP contribution in [-0.4, -0.2) is 66.7 Å². The van der Waals surface area contributed by atoms with E-state index in [1.807, 2.05) is 30.3 Å². The summed E-state index contributed by atoms with van der Waals surface area (Å²) in [7, 11) is 1.44. The minimum Gasteiger partial charge on any atom is -0.493 e. The van der Waals surface area contributed by atoms with Crippen molar-refractivity contribution in [3.05, 3.63) is 59.7 Å². The van der Waals surface area contributed by atoms with Gasteiger partial charge in [-0.25, -0.2) is 0 Å². The van der Waals surface area contributed by atoms with Crippen LogP contribution in [0.2, 0.25) is 0 Å². The molecule has 1 amide bonds. The standard InChI is InChI=1S/C24H21F3N4O5S/c1-33-19-14-15(7-8-18(19)36-12-10-34-9-11-35-16-5-3-2-4-6-16)13-17-20(28)31-23(29-21(17)32)37-22(30-31)24(25,26)27/h2-8,13-14,28H,9-12H2,1H3/b17-13-,28-20?. The lowest BCUT2D eigenvalue weighted by Crippen LogP contribution is -2.35. The number of ether oxygens (including phenoxy) is 4. The Hall–Kier alpha value is -3.84. The van der Waals surface area contributed by atoms with E-state index < -0.39 is 23.0 Å². The Balaban J connectivity index is 1.33. The van der Waals surface area contributed by atoms with E-state index in [9.17, 15) is 18.0 Å². The van der Waals surface area contributed by atoms with Gasteiger partial charge in [0.1, 0.15) is 19.0 Å². The number of rotatable bonds is 10. The molecule has 0 radical (unpaired) electrons. The van der Waals surface area contributed by atoms with E-state index in [-0.39, 0.29) is 29.1 Å². The summed E-state index contributed by atoms with van der Waals surface area (Å²) in [5, 5.41) is 10.8. The van der Waals surface area contributed by atoms with Crippen LogP contribution in [0.5, 0.6) is 17.2 Å². The van der Waals surface area contributed by atoms with Crippen molar-refractivity contribution in [3.63, 3.8) is 0 Å². The second-order valence-electron chi connectivity index (χ2n) is 7.46. The van der Waals surface area contributed by atoms with Crippen LogP contribution in [0.3, 0.4) is 0 Å². The molecule has 2 heterocycles. The number of alkyl halides is 3. The second-order valence-corrected chi connectivity index (χ2v) is 8.41. The molecule has 0 saturated heterocycles. The molecule has 2 aromatic carbocycles. The van der Waals surface area contributed by atoms with Crippen molar-refractivity contribution in [2.75, 3.05) is 33.5 Å². The summed E-state index contributed by atoms with van der Waals surface area (Å²) in [6.45, 7) is 1.34. The molecule has 0 aliphatic carbocycles. The Morgan fingerprint density at radius 2 is 1.76 bits per heavy atom. The van der Waals surface area contributed by atoms with Gasteiger partial charge in [-0.05, 0) is 47.7 Å². The number of thioether (sulfide) groups is 1. The van der Waals surface area contributed by atoms with E-state index in [4.69, 9.17) is 24.4 Å². The first-order chi connectivity index (χ1) is 17.8. The highest BCUT2D eigenvalue weighted by Crippen LogP contribution is 2.36. The zero-order valence-corrected chi connectivity index (χ0v) is 20.3. The van der Waals surface area contributed by atoms with Crippen molar-refractivity contribution in [2.24, 2.45) is 10.1 Å². The summed E-state index contributed by atoms with van der Waals surface area (Å²) in [6.07, 6.45) is -3.37. The maximum absolute atomic E-state index is 13.0. The first kappa shape index (κ1) is 26.2. The highest BCUT2D eigenvalue weighted by molar-refractivity contribution is 8.27. The van der Waals surface area contributed by atoms with Gasteiger partial charge in [0.05, 0.1) is 25.9 Å². The zero-order chi connectivity index (χ0) is 26.4. The summed E-state index contributed by atoms with van der Waals surface area (Å²) in [6, 6.07) is 14.2. The number of nitrogens with zero attached hydrogens (tertiary/aromatic N) is 3. The van der Waals surface area contributed by atoms with E-state index in [0.717, 1.165) is 5.75 Å². The number of aliphatic imine (C=N–C) groups is 1. The summed E-state index contributed by atoms with van der Waals surface area (Å²) in [5.41, 5.74) is 0.246. The number of amides is 1. The molecule has 2 aromatic rings. The minimum absolute atomic E-state index is 0.196. The van der Waals surface area contributed by atoms with Crippen molar-refractivity contribution < 1.29 is 36.9 Å². The highest BCUT2D eigenvalue weighted by atomic mass is 32.2. The largest absolute Gasteiger partial charge is 0.493 e. The van der Waals surface area contributed by atoms with Crippen molar-refractivity contribution in [1.29, 1.82) is 5.41 Å². The third-order valence-corrected chi connectivity index (χ3v) is 5.87. The number of hydrogen-bond acceptors (Lipinski definition) is 8. The molecular formula is C24H21F3N4O5S. The predicted molar refractivity (Wildman–Crippen MR) is 132 cm³/mol. The summed E-state index contributed by atoms with van der Waals surface area (Å²) < 4.78 is 61.0. The lowest BCUT2D eigenvalue weighted by Gasteiger charge is -2.20. The number of carbonyl (C=O) groups excluding carboxylic acids is 1. The first-order valence-electron chi connectivity index (χ1n) is 10.9. The Labute approximate surface area is 214 Å². The van der Waals surface area contributed by atoms with Gasteiger partial charge in [0.2, 0.25) is 10.2 Å². The number of nitrogens with one attached hydrogen (secondary N) is 1. The molecule has 0 unspecified atom stereocenters. The summed E-state index contributed by atoms with van der Waals surface area (Å²) >= 11 is 0.196. The SMILES string of the molecule is COc1cc(/C=C2/C(=N)N3N=C(C(F)(F)F)SC3=NC2=O)ccc1OCCOCCOc1ccccc1. The third kappa shape index (κ3) is 6.49. The zero-order valence-electron chi connectivity index (χ0n) is 19.4. The van der Waals surface area contributed by atoms with E-state index in [2.05, 4.69) is 10.1 Å². The first-order valence-corrected chi connectivity index (χ1v) is 11.7. The average Bonchev–Trinajstić information content (AvgIpc) is 3.32. The number of benzene rings is 2. The van der Waals surface area contributed by atoms with Gasteiger partial charge in [0.25, 0.3) is 5.91 Å². The van der Waals surface area contributed by atoms with Crippen LogP contribution in [-0.2, 0) is 9.53 Å². The number of para-hydroxylation sites is 1. The topological polar surface area (TPSA) is 106 Å². The van der Waals surface area contributed by atoms with Crippen LogP contribution in [0.4, 0.5) is 13.2 Å². The van der Waals surface area contributed by atoms with Crippen molar-refractivity contribution in [3.8, 4) is 17.2 Å². The maximum atomic E-state index is 13.0. The smallest absolute Gasteiger partial charge is 0.441 e. The van der Waals surface area contributed by atoms with Gasteiger partial charge in [-0.15, -0.1) is 0 Å². The fraction of sp³-hybridized carbons (Fsp3) is 0.250. The third-order valence-electron chi connectivity index (χ3n) is 4.92. The van der Waals surface area contributed by atoms with Crippen molar-refractivity contribution in [1.82, 2.24) is 5.01 Å². The Kier molecular flexibility index (Phi) is 8.14. The molecule has 9 nitrogen and oxygen atoms in total. The van der Waals surface area contributed by atoms with E-state index in [1.165, 1.54) is 13.2 Å². The van der Waals surface area contributed by atoms with Gasteiger partial charge >= 0.3 is 6.18 Å². The molecule has 2 aliphatic heterocycles. The minimum atomic E-state index is -4.71. The van der Waals surface area contributed by atoms with Crippen molar-refractivity contribution in [2.45, 2.75) is 6.18 Å². The molecule has 0 atom stereocenters. The lowest BCUT2D eigenvalue weighted by atomic mass is 10.1. The molecule has 0 spiro atoms. The number of fused-ring (bicyclic) bond motifs is 1. The number of amidine groups is 2. The van der Waals surface area contributed by atoms with Crippen molar-refractivity contribution >= 4 is 39.8 Å². The van der Waals surface area contributed by atoms with E-state index in [1.54, 1.807) is 18.2 Å². The van der Waals surface area contributed by atoms with Crippen LogP contribution >= 0.6 is 11.8 Å². The van der Waals surface area contributed by atoms with Gasteiger partial charge in [-0.1, -0.05) is 24.3 Å². The predicted octanol–water partition coefficient (Wildman–Crippen LogP) is 4.35. The molecule has 13 heteroatoms. The molecule has 4 rings (SSSR count). The van der Waals surface area contributed by atoms with Gasteiger partial charge in [0.15, 0.2) is 17.3 Å². The van der Waals surface area contributed by atoms with Gasteiger partial charge in [0, 0.05) is 0 Å². The van der Waals surface area contributed by atoms with E-state index >= 15 is 0 Å². The molecule has 1 N–H and O–H groups in total. The number of hydrogen-bond donors (Lipinski definition) is 1. The Morgan fingerprint density at radius 1 is 1.03 bits per heavy atom. The maximum Gasteiger partial charge on any atom is 0.441 e. The van der Waals surface area contributed by atoms with Crippen LogP contribution in [0.1, 0.15) is 5.56 Å². The monoisotopic (exact) mass is 534 g/mol. The highest BCUT2D eigenvalue weighted by Gasteiger charge is 2.46. The van der Waals surface area contributed by atoms with E-state index in [0.29, 0.717) is 41.9 Å². The number of methoxy groups -OCH3 is 1. The molecule has 0 fully saturated rings.